The van der Waals surface area contributed by atoms with Gasteiger partial charge in [0, 0.05) is 0 Å². The molecule has 1 saturated heterocycles. The average Bonchev–Trinajstić information content (AvgIpc) is 2.14. The quantitative estimate of drug-likeness (QED) is 0.555. The van der Waals surface area contributed by atoms with Crippen LogP contribution in [0.3, 0.4) is 0 Å². The fourth-order valence-electron chi connectivity index (χ4n) is 0.854. The average molecular weight is 164 g/mol. The van der Waals surface area contributed by atoms with Crippen LogP contribution in [0.1, 0.15) is 12.8 Å². The summed E-state index contributed by atoms with van der Waals surface area (Å²) in [6.45, 7) is 1.26. The Labute approximate surface area is 51.0 Å². The zero-order valence-electron chi connectivity index (χ0n) is 4.61. The third-order valence-corrected chi connectivity index (χ3v) is 3.34. The van der Waals surface area contributed by atoms with Gasteiger partial charge in [-0.2, -0.15) is 0 Å². The predicted octanol–water partition coefficient (Wildman–Crippen LogP) is 0.448. The van der Waals surface area contributed by atoms with Gasteiger partial charge in [0.15, 0.2) is 0 Å². The van der Waals surface area contributed by atoms with Gasteiger partial charge < -0.3 is 0 Å². The number of hydrogen-bond donors (Lipinski definition) is 1. The normalized spacial score (nSPS) is 31.3. The Balaban J connectivity index is 2.14. The van der Waals surface area contributed by atoms with Crippen LogP contribution in [0.5, 0.6) is 0 Å². The minimum absolute atomic E-state index is 0.844. The topological polar surface area (TPSA) is 12.0 Å². The fraction of sp³-hybridized carbons (Fsp3) is 1.00. The zero-order chi connectivity index (χ0) is 5.11. The van der Waals surface area contributed by atoms with Crippen molar-refractivity contribution in [1.82, 2.24) is 5.32 Å². The minimum atomic E-state index is 0.844. The molecule has 1 N–H and O–H groups in total. The summed E-state index contributed by atoms with van der Waals surface area (Å²) in [6.07, 6.45) is 2.83. The first-order valence-corrected chi connectivity index (χ1v) is 5.40. The first-order valence-electron chi connectivity index (χ1n) is 2.69. The molecule has 0 amide bonds. The molecular weight excluding hydrogens is 153 g/mol. The molecule has 7 heavy (non-hydrogen) atoms. The van der Waals surface area contributed by atoms with Gasteiger partial charge in [0.1, 0.15) is 0 Å². The number of hydrogen-bond acceptors (Lipinski definition) is 1. The van der Waals surface area contributed by atoms with Gasteiger partial charge in [-0.05, 0) is 0 Å². The monoisotopic (exact) mass is 165 g/mol. The van der Waals surface area contributed by atoms with E-state index in [1.165, 1.54) is 19.4 Å². The van der Waals surface area contributed by atoms with Crippen molar-refractivity contribution in [3.63, 3.8) is 0 Å². The molecule has 0 saturated carbocycles. The van der Waals surface area contributed by atoms with E-state index in [1.54, 1.807) is 0 Å². The second-order valence-corrected chi connectivity index (χ2v) is 4.00. The fourth-order valence-corrected chi connectivity index (χ4v) is 2.29. The van der Waals surface area contributed by atoms with Crippen LogP contribution < -0.4 is 5.32 Å². The van der Waals surface area contributed by atoms with Crippen molar-refractivity contribution >= 4 is 15.0 Å². The van der Waals surface area contributed by atoms with Crippen molar-refractivity contribution in [2.45, 2.75) is 23.6 Å². The van der Waals surface area contributed by atoms with Gasteiger partial charge in [0.25, 0.3) is 0 Å². The van der Waals surface area contributed by atoms with Crippen LogP contribution in [0.25, 0.3) is 0 Å². The van der Waals surface area contributed by atoms with Gasteiger partial charge in [0.05, 0.1) is 0 Å². The molecule has 1 heterocycles. The molecule has 1 rings (SSSR count). The van der Waals surface area contributed by atoms with Gasteiger partial charge in [0.2, 0.25) is 0 Å². The standard InChI is InChI=1S/C5H11NSe/c1-7-5-3-2-4-6-5/h5-6H,2-4H2,1H3. The van der Waals surface area contributed by atoms with E-state index in [0.717, 1.165) is 19.9 Å². The van der Waals surface area contributed by atoms with Gasteiger partial charge in [-0.25, -0.2) is 0 Å². The van der Waals surface area contributed by atoms with E-state index >= 15 is 0 Å². The van der Waals surface area contributed by atoms with Crippen LogP contribution in [0.2, 0.25) is 5.82 Å². The summed E-state index contributed by atoms with van der Waals surface area (Å²) in [4.78, 5) is 0.910. The molecule has 1 aliphatic heterocycles. The summed E-state index contributed by atoms with van der Waals surface area (Å²) in [5, 5.41) is 3.43. The molecular formula is C5H11NSe. The second-order valence-electron chi connectivity index (χ2n) is 1.82. The first-order chi connectivity index (χ1) is 3.43. The summed E-state index contributed by atoms with van der Waals surface area (Å²) < 4.78 is 0. The molecule has 1 atom stereocenters. The SMILES string of the molecule is C[Se]C1CCCN1. The Bertz CT molecular complexity index is 50.0. The maximum absolute atomic E-state index is 3.43. The maximum atomic E-state index is 3.43. The molecule has 1 nitrogen and oxygen atoms in total. The Kier molecular flexibility index (Phi) is 2.17. The molecule has 0 radical (unpaired) electrons. The summed E-state index contributed by atoms with van der Waals surface area (Å²) >= 11 is 0.844. The van der Waals surface area contributed by atoms with Crippen molar-refractivity contribution in [2.75, 3.05) is 6.54 Å². The van der Waals surface area contributed by atoms with Gasteiger partial charge in [-0.15, -0.1) is 0 Å². The van der Waals surface area contributed by atoms with Crippen LogP contribution in [-0.2, 0) is 0 Å². The Hall–Kier alpha value is 0.479. The molecule has 0 aromatic rings. The second kappa shape index (κ2) is 2.71. The van der Waals surface area contributed by atoms with Crippen LogP contribution in [0.15, 0.2) is 0 Å². The summed E-state index contributed by atoms with van der Waals surface area (Å²) in [6, 6.07) is 0. The third-order valence-electron chi connectivity index (χ3n) is 1.30. The molecule has 2 heteroatoms. The van der Waals surface area contributed by atoms with Crippen molar-refractivity contribution < 1.29 is 0 Å². The zero-order valence-corrected chi connectivity index (χ0v) is 6.32. The van der Waals surface area contributed by atoms with E-state index in [1.807, 2.05) is 0 Å². The van der Waals surface area contributed by atoms with Gasteiger partial charge in [-0.3, -0.25) is 0 Å². The van der Waals surface area contributed by atoms with Crippen molar-refractivity contribution in [2.24, 2.45) is 0 Å². The summed E-state index contributed by atoms with van der Waals surface area (Å²) in [7, 11) is 0. The van der Waals surface area contributed by atoms with Crippen molar-refractivity contribution in [3.8, 4) is 0 Å². The van der Waals surface area contributed by atoms with Crippen LogP contribution in [-0.4, -0.2) is 26.4 Å². The van der Waals surface area contributed by atoms with Crippen molar-refractivity contribution in [3.05, 3.63) is 0 Å². The van der Waals surface area contributed by atoms with E-state index in [4.69, 9.17) is 0 Å². The van der Waals surface area contributed by atoms with Gasteiger partial charge >= 0.3 is 50.4 Å². The molecule has 42 valence electrons. The van der Waals surface area contributed by atoms with E-state index in [2.05, 4.69) is 11.1 Å². The third kappa shape index (κ3) is 1.45. The summed E-state index contributed by atoms with van der Waals surface area (Å²) in [5.74, 6) is 2.30. The van der Waals surface area contributed by atoms with Crippen LogP contribution >= 0.6 is 0 Å². The Morgan fingerprint density at radius 2 is 2.57 bits per heavy atom. The molecule has 0 aromatic carbocycles. The van der Waals surface area contributed by atoms with E-state index in [0.29, 0.717) is 0 Å². The molecule has 1 unspecified atom stereocenters. The van der Waals surface area contributed by atoms with Gasteiger partial charge in [-0.1, -0.05) is 0 Å². The van der Waals surface area contributed by atoms with E-state index < -0.39 is 0 Å². The van der Waals surface area contributed by atoms with Crippen molar-refractivity contribution in [1.29, 1.82) is 0 Å². The predicted molar refractivity (Wildman–Crippen MR) is 32.6 cm³/mol. The Morgan fingerprint density at radius 3 is 2.86 bits per heavy atom. The summed E-state index contributed by atoms with van der Waals surface area (Å²) in [5.41, 5.74) is 0. The Morgan fingerprint density at radius 1 is 1.71 bits per heavy atom. The van der Waals surface area contributed by atoms with E-state index in [-0.39, 0.29) is 0 Å². The molecule has 0 aromatic heterocycles. The molecule has 0 bridgehead atoms. The van der Waals surface area contributed by atoms with E-state index in [9.17, 15) is 0 Å². The molecule has 1 fully saturated rings. The molecule has 1 aliphatic rings. The molecule has 0 spiro atoms. The van der Waals surface area contributed by atoms with Crippen LogP contribution in [0.4, 0.5) is 0 Å². The van der Waals surface area contributed by atoms with Crippen LogP contribution in [0, 0.1) is 0 Å². The first kappa shape index (κ1) is 5.61. The number of rotatable bonds is 1. The number of nitrogens with one attached hydrogen (secondary N) is 1. The molecule has 0 aliphatic carbocycles.